The van der Waals surface area contributed by atoms with Crippen molar-refractivity contribution in [1.29, 1.82) is 0 Å². The zero-order valence-electron chi connectivity index (χ0n) is 9.32. The molecule has 0 saturated carbocycles. The van der Waals surface area contributed by atoms with E-state index in [1.54, 1.807) is 0 Å². The summed E-state index contributed by atoms with van der Waals surface area (Å²) in [5.41, 5.74) is 4.60. The van der Waals surface area contributed by atoms with Crippen molar-refractivity contribution in [1.82, 2.24) is 9.97 Å². The number of amides is 1. The van der Waals surface area contributed by atoms with Crippen LogP contribution in [0, 0.1) is 11.6 Å². The lowest BCUT2D eigenvalue weighted by Crippen LogP contribution is -2.15. The van der Waals surface area contributed by atoms with Crippen molar-refractivity contribution >= 4 is 33.3 Å². The summed E-state index contributed by atoms with van der Waals surface area (Å²) in [7, 11) is 0. The van der Waals surface area contributed by atoms with Gasteiger partial charge in [0.05, 0.1) is 23.6 Å². The summed E-state index contributed by atoms with van der Waals surface area (Å²) < 4.78 is 26.9. The number of hydrogen-bond donors (Lipinski definition) is 2. The van der Waals surface area contributed by atoms with E-state index in [0.717, 1.165) is 6.07 Å². The first-order valence-electron chi connectivity index (χ1n) is 5.01. The van der Waals surface area contributed by atoms with Crippen LogP contribution in [-0.2, 0) is 0 Å². The van der Waals surface area contributed by atoms with Gasteiger partial charge in [-0.1, -0.05) is 0 Å². The summed E-state index contributed by atoms with van der Waals surface area (Å²) in [5, 5.41) is 2.32. The van der Waals surface area contributed by atoms with E-state index in [2.05, 4.69) is 31.2 Å². The smallest absolute Gasteiger partial charge is 0.259 e. The Morgan fingerprint density at radius 2 is 1.95 bits per heavy atom. The topological polar surface area (TPSA) is 80.9 Å². The van der Waals surface area contributed by atoms with Gasteiger partial charge >= 0.3 is 0 Å². The van der Waals surface area contributed by atoms with Gasteiger partial charge in [0.2, 0.25) is 0 Å². The van der Waals surface area contributed by atoms with Crippen LogP contribution < -0.4 is 11.1 Å². The Kier molecular flexibility index (Phi) is 3.70. The second-order valence-electron chi connectivity index (χ2n) is 3.53. The number of benzene rings is 1. The monoisotopic (exact) mass is 328 g/mol. The van der Waals surface area contributed by atoms with E-state index in [4.69, 9.17) is 5.73 Å². The number of nitrogens with zero attached hydrogens (tertiary/aromatic N) is 2. The quantitative estimate of drug-likeness (QED) is 0.829. The van der Waals surface area contributed by atoms with E-state index in [-0.39, 0.29) is 17.1 Å². The van der Waals surface area contributed by atoms with Crippen LogP contribution in [-0.4, -0.2) is 15.9 Å². The molecule has 2 aromatic rings. The molecule has 1 heterocycles. The van der Waals surface area contributed by atoms with E-state index >= 15 is 0 Å². The normalized spacial score (nSPS) is 10.3. The molecule has 19 heavy (non-hydrogen) atoms. The predicted octanol–water partition coefficient (Wildman–Crippen LogP) is 2.35. The second kappa shape index (κ2) is 5.27. The first-order chi connectivity index (χ1) is 8.97. The third kappa shape index (κ3) is 3.02. The molecule has 2 rings (SSSR count). The molecule has 3 N–H and O–H groups in total. The van der Waals surface area contributed by atoms with Crippen LogP contribution in [0.4, 0.5) is 20.3 Å². The average Bonchev–Trinajstić information content (AvgIpc) is 2.36. The molecule has 0 spiro atoms. The highest BCUT2D eigenvalue weighted by atomic mass is 79.9. The summed E-state index contributed by atoms with van der Waals surface area (Å²) in [4.78, 5) is 19.5. The van der Waals surface area contributed by atoms with Gasteiger partial charge in [-0.05, 0) is 22.0 Å². The first kappa shape index (κ1) is 13.3. The lowest BCUT2D eigenvalue weighted by atomic mass is 10.1. The molecule has 1 amide bonds. The Balaban J connectivity index is 2.25. The van der Waals surface area contributed by atoms with Crippen LogP contribution in [0.5, 0.6) is 0 Å². The summed E-state index contributed by atoms with van der Waals surface area (Å²) in [6, 6.07) is 1.48. The molecular formula is C11H7BrF2N4O. The highest BCUT2D eigenvalue weighted by molar-refractivity contribution is 9.10. The maximum atomic E-state index is 13.4. The number of halogens is 3. The van der Waals surface area contributed by atoms with E-state index < -0.39 is 17.5 Å². The number of hydrogen-bond acceptors (Lipinski definition) is 4. The molecule has 0 radical (unpaired) electrons. The summed E-state index contributed by atoms with van der Waals surface area (Å²) in [6.07, 6.45) is 2.65. The molecule has 0 unspecified atom stereocenters. The fourth-order valence-corrected chi connectivity index (χ4v) is 1.50. The summed E-state index contributed by atoms with van der Waals surface area (Å²) in [6.45, 7) is 0. The Hall–Kier alpha value is -2.09. The number of anilines is 2. The third-order valence-electron chi connectivity index (χ3n) is 2.19. The van der Waals surface area contributed by atoms with Crippen LogP contribution in [0.25, 0.3) is 0 Å². The number of nitrogen functional groups attached to an aromatic ring is 1. The lowest BCUT2D eigenvalue weighted by molar-refractivity contribution is 0.102. The fourth-order valence-electron chi connectivity index (χ4n) is 1.30. The number of aromatic nitrogens is 2. The van der Waals surface area contributed by atoms with Crippen molar-refractivity contribution in [2.24, 2.45) is 0 Å². The van der Waals surface area contributed by atoms with Crippen molar-refractivity contribution in [3.63, 3.8) is 0 Å². The summed E-state index contributed by atoms with van der Waals surface area (Å²) in [5.74, 6) is -2.58. The molecule has 98 valence electrons. The van der Waals surface area contributed by atoms with Crippen LogP contribution in [0.2, 0.25) is 0 Å². The molecule has 1 aromatic heterocycles. The van der Waals surface area contributed by atoms with Crippen molar-refractivity contribution in [3.8, 4) is 0 Å². The van der Waals surface area contributed by atoms with Gasteiger partial charge in [-0.2, -0.15) is 0 Å². The van der Waals surface area contributed by atoms with Crippen molar-refractivity contribution in [2.75, 3.05) is 11.1 Å². The minimum absolute atomic E-state index is 0.135. The van der Waals surface area contributed by atoms with Crippen LogP contribution >= 0.6 is 15.9 Å². The number of rotatable bonds is 2. The van der Waals surface area contributed by atoms with Gasteiger partial charge in [-0.15, -0.1) is 0 Å². The molecule has 0 aliphatic heterocycles. The molecule has 0 atom stereocenters. The van der Waals surface area contributed by atoms with Crippen LogP contribution in [0.15, 0.2) is 29.1 Å². The molecule has 0 aliphatic rings. The van der Waals surface area contributed by atoms with E-state index in [1.165, 1.54) is 12.4 Å². The van der Waals surface area contributed by atoms with E-state index in [9.17, 15) is 13.6 Å². The van der Waals surface area contributed by atoms with Crippen LogP contribution in [0.1, 0.15) is 10.4 Å². The van der Waals surface area contributed by atoms with Gasteiger partial charge in [0.25, 0.3) is 5.91 Å². The highest BCUT2D eigenvalue weighted by Crippen LogP contribution is 2.17. The number of carbonyl (C=O) groups is 1. The molecule has 1 aromatic carbocycles. The van der Waals surface area contributed by atoms with Crippen LogP contribution in [0.3, 0.4) is 0 Å². The van der Waals surface area contributed by atoms with E-state index in [0.29, 0.717) is 10.7 Å². The minimum Gasteiger partial charge on any atom is -0.396 e. The average molecular weight is 329 g/mol. The Labute approximate surface area is 115 Å². The maximum Gasteiger partial charge on any atom is 0.259 e. The molecule has 8 heteroatoms. The predicted molar refractivity (Wildman–Crippen MR) is 68.5 cm³/mol. The molecule has 0 aliphatic carbocycles. The first-order valence-corrected chi connectivity index (χ1v) is 5.80. The van der Waals surface area contributed by atoms with Crippen molar-refractivity contribution in [3.05, 3.63) is 46.3 Å². The Bertz CT molecular complexity index is 633. The Morgan fingerprint density at radius 3 is 2.58 bits per heavy atom. The third-order valence-corrected chi connectivity index (χ3v) is 2.60. The molecule has 0 bridgehead atoms. The lowest BCUT2D eigenvalue weighted by Gasteiger charge is -2.06. The number of nitrogens with two attached hydrogens (primary N) is 1. The number of nitrogens with one attached hydrogen (secondary N) is 1. The Morgan fingerprint density at radius 1 is 1.21 bits per heavy atom. The van der Waals surface area contributed by atoms with Gasteiger partial charge < -0.3 is 11.1 Å². The van der Waals surface area contributed by atoms with E-state index in [1.807, 2.05) is 0 Å². The minimum atomic E-state index is -1.01. The molecular weight excluding hydrogens is 322 g/mol. The van der Waals surface area contributed by atoms with Gasteiger partial charge in [0.15, 0.2) is 5.82 Å². The number of carbonyl (C=O) groups excluding carboxylic acids is 1. The van der Waals surface area contributed by atoms with Gasteiger partial charge in [0, 0.05) is 6.07 Å². The van der Waals surface area contributed by atoms with Gasteiger partial charge in [-0.3, -0.25) is 4.79 Å². The highest BCUT2D eigenvalue weighted by Gasteiger charge is 2.15. The van der Waals surface area contributed by atoms with Crippen molar-refractivity contribution in [2.45, 2.75) is 0 Å². The second-order valence-corrected chi connectivity index (χ2v) is 4.34. The maximum absolute atomic E-state index is 13.4. The summed E-state index contributed by atoms with van der Waals surface area (Å²) >= 11 is 3.08. The SMILES string of the molecule is Nc1cc(C(=O)Nc2cnc(Br)cn2)c(F)cc1F. The van der Waals surface area contributed by atoms with Gasteiger partial charge in [-0.25, -0.2) is 18.7 Å². The largest absolute Gasteiger partial charge is 0.396 e. The zero-order chi connectivity index (χ0) is 14.0. The zero-order valence-corrected chi connectivity index (χ0v) is 10.9. The van der Waals surface area contributed by atoms with Crippen molar-refractivity contribution < 1.29 is 13.6 Å². The standard InChI is InChI=1S/C11H7BrF2N4O/c12-9-3-17-10(4-16-9)18-11(19)5-1-8(15)7(14)2-6(5)13/h1-4H,15H2,(H,17,18,19). The fraction of sp³-hybridized carbons (Fsp3) is 0. The molecule has 0 saturated heterocycles. The molecule has 0 fully saturated rings. The molecule has 5 nitrogen and oxygen atoms in total. The van der Waals surface area contributed by atoms with Gasteiger partial charge in [0.1, 0.15) is 16.2 Å².